The Labute approximate surface area is 232 Å². The molecule has 3 aromatic rings. The van der Waals surface area contributed by atoms with E-state index in [1.54, 1.807) is 17.0 Å². The third-order valence-electron chi connectivity index (χ3n) is 6.20. The van der Waals surface area contributed by atoms with Crippen LogP contribution in [-0.4, -0.2) is 32.6 Å². The summed E-state index contributed by atoms with van der Waals surface area (Å²) >= 11 is 8.30. The number of nitrogens with one attached hydrogen (secondary N) is 1. The molecule has 1 amide bonds. The highest BCUT2D eigenvalue weighted by molar-refractivity contribution is 8.01. The predicted octanol–water partition coefficient (Wildman–Crippen LogP) is 4.93. The molecule has 38 heavy (non-hydrogen) atoms. The van der Waals surface area contributed by atoms with Crippen LogP contribution >= 0.6 is 34.7 Å². The summed E-state index contributed by atoms with van der Waals surface area (Å²) in [5, 5.41) is 22.3. The summed E-state index contributed by atoms with van der Waals surface area (Å²) in [6.07, 6.45) is 3.18. The normalized spacial score (nSPS) is 17.3. The number of benzene rings is 1. The molecule has 1 aromatic carbocycles. The number of thioether (sulfide) groups is 1. The van der Waals surface area contributed by atoms with Gasteiger partial charge in [-0.15, -0.1) is 10.2 Å². The molecule has 0 spiro atoms. The van der Waals surface area contributed by atoms with Crippen molar-refractivity contribution < 1.29 is 9.59 Å². The molecule has 192 valence electrons. The molecule has 0 saturated heterocycles. The first-order valence-electron chi connectivity index (χ1n) is 11.8. The number of hydrogen-bond donors (Lipinski definition) is 2. The van der Waals surface area contributed by atoms with Gasteiger partial charge in [0.15, 0.2) is 10.1 Å². The van der Waals surface area contributed by atoms with Crippen molar-refractivity contribution in [3.8, 4) is 6.07 Å². The summed E-state index contributed by atoms with van der Waals surface area (Å²) in [7, 11) is 0. The van der Waals surface area contributed by atoms with Gasteiger partial charge < -0.3 is 11.1 Å². The standard InChI is InChI=1S/C26H22ClN7O2S2/c1-14-4-2-5-15(10-14)22-17(11-28)24(29)34(18-6-3-7-19(35)23(18)22)25-32-33-26(38-25)37-13-21(36)31-20-9-8-16(27)12-30-20/h2,4-5,8-10,12,22H,3,6-7,13,29H2,1H3,(H,30,31,36). The predicted molar refractivity (Wildman–Crippen MR) is 148 cm³/mol. The van der Waals surface area contributed by atoms with E-state index in [9.17, 15) is 14.9 Å². The van der Waals surface area contributed by atoms with Crippen molar-refractivity contribution in [2.75, 3.05) is 16.0 Å². The topological polar surface area (TPSA) is 138 Å². The van der Waals surface area contributed by atoms with Crippen LogP contribution in [0.5, 0.6) is 0 Å². The first kappa shape index (κ1) is 25.9. The fraction of sp³-hybridized carbons (Fsp3) is 0.231. The number of rotatable bonds is 6. The lowest BCUT2D eigenvalue weighted by molar-refractivity contribution is -0.116. The van der Waals surface area contributed by atoms with Crippen LogP contribution in [0.1, 0.15) is 36.3 Å². The monoisotopic (exact) mass is 563 g/mol. The van der Waals surface area contributed by atoms with Crippen molar-refractivity contribution in [1.82, 2.24) is 15.2 Å². The van der Waals surface area contributed by atoms with Crippen molar-refractivity contribution >= 4 is 57.3 Å². The molecule has 2 aromatic heterocycles. The zero-order valence-corrected chi connectivity index (χ0v) is 22.7. The van der Waals surface area contributed by atoms with Gasteiger partial charge in [0, 0.05) is 23.9 Å². The summed E-state index contributed by atoms with van der Waals surface area (Å²) in [5.41, 5.74) is 10.2. The number of aryl methyl sites for hydroxylation is 1. The number of halogens is 1. The average molecular weight is 564 g/mol. The largest absolute Gasteiger partial charge is 0.384 e. The number of carbonyl (C=O) groups excluding carboxylic acids is 2. The van der Waals surface area contributed by atoms with Crippen LogP contribution < -0.4 is 16.0 Å². The summed E-state index contributed by atoms with van der Waals surface area (Å²) in [5.74, 6) is -0.0325. The van der Waals surface area contributed by atoms with E-state index < -0.39 is 5.92 Å². The minimum atomic E-state index is -0.522. The van der Waals surface area contributed by atoms with E-state index in [2.05, 4.69) is 26.6 Å². The Balaban J connectivity index is 1.42. The number of allylic oxidation sites excluding steroid dienone is 3. The van der Waals surface area contributed by atoms with Crippen LogP contribution in [0.3, 0.4) is 0 Å². The zero-order chi connectivity index (χ0) is 26.8. The number of nitrogens with zero attached hydrogens (tertiary/aromatic N) is 5. The molecule has 9 nitrogen and oxygen atoms in total. The van der Waals surface area contributed by atoms with Crippen molar-refractivity contribution in [3.05, 3.63) is 81.4 Å². The van der Waals surface area contributed by atoms with Crippen LogP contribution in [-0.2, 0) is 9.59 Å². The molecule has 2 aliphatic rings. The van der Waals surface area contributed by atoms with E-state index in [4.69, 9.17) is 17.3 Å². The van der Waals surface area contributed by atoms with Crippen molar-refractivity contribution in [1.29, 1.82) is 5.26 Å². The van der Waals surface area contributed by atoms with Crippen molar-refractivity contribution in [2.45, 2.75) is 36.4 Å². The van der Waals surface area contributed by atoms with E-state index in [1.165, 1.54) is 29.3 Å². The first-order chi connectivity index (χ1) is 18.4. The number of nitrogens with two attached hydrogens (primary N) is 1. The lowest BCUT2D eigenvalue weighted by Gasteiger charge is -2.38. The molecule has 1 aliphatic heterocycles. The minimum absolute atomic E-state index is 0.00889. The molecule has 5 rings (SSSR count). The molecular weight excluding hydrogens is 542 g/mol. The lowest BCUT2D eigenvalue weighted by atomic mass is 9.75. The number of pyridine rings is 1. The van der Waals surface area contributed by atoms with Crippen molar-refractivity contribution in [2.24, 2.45) is 5.73 Å². The van der Waals surface area contributed by atoms with E-state index in [1.807, 2.05) is 31.2 Å². The van der Waals surface area contributed by atoms with E-state index >= 15 is 0 Å². The summed E-state index contributed by atoms with van der Waals surface area (Å²) in [6, 6.07) is 13.3. The molecule has 3 heterocycles. The van der Waals surface area contributed by atoms with Gasteiger partial charge in [-0.1, -0.05) is 64.5 Å². The lowest BCUT2D eigenvalue weighted by Crippen LogP contribution is -2.38. The third kappa shape index (κ3) is 5.15. The van der Waals surface area contributed by atoms with E-state index in [0.717, 1.165) is 16.8 Å². The van der Waals surface area contributed by atoms with E-state index in [0.29, 0.717) is 50.7 Å². The summed E-state index contributed by atoms with van der Waals surface area (Å²) < 4.78 is 0.551. The number of aromatic nitrogens is 3. The van der Waals surface area contributed by atoms with Crippen molar-refractivity contribution in [3.63, 3.8) is 0 Å². The van der Waals surface area contributed by atoms with E-state index in [-0.39, 0.29) is 23.3 Å². The highest BCUT2D eigenvalue weighted by atomic mass is 35.5. The second-order valence-electron chi connectivity index (χ2n) is 8.78. The number of Topliss-reactive ketones (excluding diaryl/α,β-unsaturated/α-hetero) is 1. The Hall–Kier alpha value is -3.72. The number of amides is 1. The second-order valence-corrected chi connectivity index (χ2v) is 11.4. The minimum Gasteiger partial charge on any atom is -0.384 e. The Morgan fingerprint density at radius 3 is 2.89 bits per heavy atom. The first-order valence-corrected chi connectivity index (χ1v) is 13.9. The highest BCUT2D eigenvalue weighted by Crippen LogP contribution is 2.47. The molecule has 0 fully saturated rings. The van der Waals surface area contributed by atoms with Gasteiger partial charge in [0.25, 0.3) is 0 Å². The van der Waals surface area contributed by atoms with Gasteiger partial charge in [-0.3, -0.25) is 14.5 Å². The Morgan fingerprint density at radius 2 is 2.16 bits per heavy atom. The van der Waals surface area contributed by atoms with Gasteiger partial charge >= 0.3 is 0 Å². The molecule has 1 aliphatic carbocycles. The number of hydrogen-bond acceptors (Lipinski definition) is 10. The molecule has 1 unspecified atom stereocenters. The van der Waals surface area contributed by atoms with Crippen LogP contribution in [0, 0.1) is 18.3 Å². The van der Waals surface area contributed by atoms with Gasteiger partial charge in [-0.25, -0.2) is 4.98 Å². The maximum Gasteiger partial charge on any atom is 0.235 e. The number of ketones is 1. The smallest absolute Gasteiger partial charge is 0.235 e. The fourth-order valence-electron chi connectivity index (χ4n) is 4.60. The summed E-state index contributed by atoms with van der Waals surface area (Å²) in [6.45, 7) is 1.97. The zero-order valence-electron chi connectivity index (χ0n) is 20.3. The maximum absolute atomic E-state index is 13.2. The molecule has 0 radical (unpaired) electrons. The SMILES string of the molecule is Cc1cccc(C2C(C#N)=C(N)N(c3nnc(SCC(=O)Nc4ccc(Cl)cn4)s3)C3=C2C(=O)CCC3)c1. The number of anilines is 2. The molecule has 12 heteroatoms. The third-order valence-corrected chi connectivity index (χ3v) is 8.46. The summed E-state index contributed by atoms with van der Waals surface area (Å²) in [4.78, 5) is 31.4. The molecule has 0 saturated carbocycles. The second kappa shape index (κ2) is 10.9. The molecule has 0 bridgehead atoms. The Kier molecular flexibility index (Phi) is 7.46. The molecule has 1 atom stereocenters. The molecule has 3 N–H and O–H groups in total. The van der Waals surface area contributed by atoms with Crippen LogP contribution in [0.4, 0.5) is 10.9 Å². The van der Waals surface area contributed by atoms with Gasteiger partial charge in [0.2, 0.25) is 11.0 Å². The van der Waals surface area contributed by atoms with Crippen LogP contribution in [0.2, 0.25) is 5.02 Å². The number of carbonyl (C=O) groups is 2. The van der Waals surface area contributed by atoms with Gasteiger partial charge in [-0.2, -0.15) is 5.26 Å². The quantitative estimate of drug-likeness (QED) is 0.400. The van der Waals surface area contributed by atoms with Crippen LogP contribution in [0.25, 0.3) is 0 Å². The maximum atomic E-state index is 13.2. The van der Waals surface area contributed by atoms with Crippen LogP contribution in [0.15, 0.2) is 69.6 Å². The molecular formula is C26H22ClN7O2S2. The number of nitriles is 1. The highest BCUT2D eigenvalue weighted by Gasteiger charge is 2.41. The van der Waals surface area contributed by atoms with Gasteiger partial charge in [-0.05, 0) is 37.5 Å². The Bertz CT molecular complexity index is 1520. The fourth-order valence-corrected chi connectivity index (χ4v) is 6.39. The van der Waals surface area contributed by atoms with Gasteiger partial charge in [0.1, 0.15) is 11.6 Å². The van der Waals surface area contributed by atoms with Gasteiger partial charge in [0.05, 0.1) is 28.3 Å². The average Bonchev–Trinajstić information content (AvgIpc) is 3.37. The Morgan fingerprint density at radius 1 is 1.32 bits per heavy atom.